The molecule has 21 heavy (non-hydrogen) atoms. The molecule has 1 fully saturated rings. The number of thiophene rings is 1. The molecule has 2 aromatic rings. The molecule has 0 saturated heterocycles. The summed E-state index contributed by atoms with van der Waals surface area (Å²) in [5.74, 6) is 1.78. The number of anilines is 2. The van der Waals surface area contributed by atoms with Gasteiger partial charge in [0, 0.05) is 5.92 Å². The molecule has 2 heterocycles. The van der Waals surface area contributed by atoms with Crippen molar-refractivity contribution < 1.29 is 14.1 Å². The summed E-state index contributed by atoms with van der Waals surface area (Å²) in [6, 6.07) is 0. The summed E-state index contributed by atoms with van der Waals surface area (Å²) in [5.41, 5.74) is 6.43. The van der Waals surface area contributed by atoms with Crippen LogP contribution < -0.4 is 15.8 Å². The van der Waals surface area contributed by atoms with Crippen LogP contribution in [0.4, 0.5) is 10.7 Å². The van der Waals surface area contributed by atoms with Crippen LogP contribution in [0.15, 0.2) is 4.52 Å². The van der Waals surface area contributed by atoms with Crippen LogP contribution in [-0.2, 0) is 6.54 Å². The minimum atomic E-state index is 0.109. The minimum absolute atomic E-state index is 0.109. The molecule has 0 atom stereocenters. The molecule has 112 valence electrons. The number of nitrogen functional groups attached to an aromatic ring is 1. The predicted molar refractivity (Wildman–Crippen MR) is 78.7 cm³/mol. The van der Waals surface area contributed by atoms with Crippen molar-refractivity contribution in [1.29, 1.82) is 0 Å². The van der Waals surface area contributed by atoms with Crippen LogP contribution in [0.1, 0.15) is 34.2 Å². The summed E-state index contributed by atoms with van der Waals surface area (Å²) in [6.07, 6.45) is 1.89. The zero-order chi connectivity index (χ0) is 15.0. The summed E-state index contributed by atoms with van der Waals surface area (Å²) >= 11 is 1.31. The van der Waals surface area contributed by atoms with E-state index in [0.29, 0.717) is 39.6 Å². The molecular formula is C13H16N4O3S. The lowest BCUT2D eigenvalue weighted by Gasteiger charge is -2.04. The average Bonchev–Trinajstić information content (AvgIpc) is 3.16. The molecule has 1 saturated carbocycles. The molecular weight excluding hydrogens is 292 g/mol. The second kappa shape index (κ2) is 5.36. The Morgan fingerprint density at radius 1 is 1.57 bits per heavy atom. The highest BCUT2D eigenvalue weighted by molar-refractivity contribution is 7.19. The first-order valence-corrected chi connectivity index (χ1v) is 7.45. The molecule has 3 rings (SSSR count). The second-order valence-electron chi connectivity index (χ2n) is 4.93. The fraction of sp³-hybridized carbons (Fsp3) is 0.462. The maximum Gasteiger partial charge on any atom is 0.245 e. The molecule has 2 aromatic heterocycles. The Labute approximate surface area is 125 Å². The molecule has 7 nitrogen and oxygen atoms in total. The second-order valence-corrected chi connectivity index (χ2v) is 5.96. The Bertz CT molecular complexity index is 675. The number of aryl methyl sites for hydroxylation is 1. The first-order chi connectivity index (χ1) is 10.1. The van der Waals surface area contributed by atoms with Crippen molar-refractivity contribution in [3.63, 3.8) is 0 Å². The van der Waals surface area contributed by atoms with Crippen molar-refractivity contribution in [3.8, 4) is 5.75 Å². The SMILES string of the molecule is COc1c(NCc2nc(C)no2)sc(C(=O)C2CC2)c1N. The fourth-order valence-corrected chi connectivity index (χ4v) is 3.13. The quantitative estimate of drug-likeness (QED) is 0.789. The molecule has 3 N–H and O–H groups in total. The molecule has 0 aromatic carbocycles. The minimum Gasteiger partial charge on any atom is -0.492 e. The lowest BCUT2D eigenvalue weighted by molar-refractivity contribution is 0.0972. The Hall–Kier alpha value is -2.09. The van der Waals surface area contributed by atoms with Crippen LogP contribution in [0.3, 0.4) is 0 Å². The maximum atomic E-state index is 12.2. The highest BCUT2D eigenvalue weighted by Crippen LogP contribution is 2.46. The van der Waals surface area contributed by atoms with Gasteiger partial charge in [0.15, 0.2) is 17.4 Å². The van der Waals surface area contributed by atoms with Gasteiger partial charge in [0.25, 0.3) is 0 Å². The van der Waals surface area contributed by atoms with E-state index in [1.54, 1.807) is 6.92 Å². The van der Waals surface area contributed by atoms with Crippen molar-refractivity contribution in [1.82, 2.24) is 10.1 Å². The predicted octanol–water partition coefficient (Wildman–Crippen LogP) is 2.24. The van der Waals surface area contributed by atoms with Gasteiger partial charge in [-0.25, -0.2) is 0 Å². The van der Waals surface area contributed by atoms with E-state index in [1.165, 1.54) is 18.4 Å². The Kier molecular flexibility index (Phi) is 3.54. The number of hydrogen-bond acceptors (Lipinski definition) is 8. The molecule has 0 aliphatic heterocycles. The number of Topliss-reactive ketones (excluding diaryl/α,β-unsaturated/α-hetero) is 1. The molecule has 0 unspecified atom stereocenters. The Morgan fingerprint density at radius 3 is 2.90 bits per heavy atom. The third-order valence-corrected chi connectivity index (χ3v) is 4.40. The fourth-order valence-electron chi connectivity index (χ4n) is 2.03. The maximum absolute atomic E-state index is 12.2. The van der Waals surface area contributed by atoms with Crippen molar-refractivity contribution in [2.24, 2.45) is 5.92 Å². The van der Waals surface area contributed by atoms with E-state index >= 15 is 0 Å². The van der Waals surface area contributed by atoms with Crippen LogP contribution in [0.5, 0.6) is 5.75 Å². The summed E-state index contributed by atoms with van der Waals surface area (Å²) in [4.78, 5) is 16.9. The average molecular weight is 308 g/mol. The van der Waals surface area contributed by atoms with E-state index < -0.39 is 0 Å². The van der Waals surface area contributed by atoms with Gasteiger partial charge in [0.2, 0.25) is 5.89 Å². The van der Waals surface area contributed by atoms with Gasteiger partial charge in [0.05, 0.1) is 24.2 Å². The van der Waals surface area contributed by atoms with Crippen LogP contribution in [0.2, 0.25) is 0 Å². The van der Waals surface area contributed by atoms with Gasteiger partial charge in [-0.15, -0.1) is 11.3 Å². The molecule has 0 amide bonds. The zero-order valence-electron chi connectivity index (χ0n) is 11.8. The lowest BCUT2D eigenvalue weighted by atomic mass is 10.2. The van der Waals surface area contributed by atoms with E-state index in [-0.39, 0.29) is 11.7 Å². The Balaban J connectivity index is 1.80. The van der Waals surface area contributed by atoms with Gasteiger partial charge >= 0.3 is 0 Å². The molecule has 0 bridgehead atoms. The highest BCUT2D eigenvalue weighted by atomic mass is 32.1. The molecule has 0 radical (unpaired) electrons. The van der Waals surface area contributed by atoms with Gasteiger partial charge in [-0.3, -0.25) is 4.79 Å². The largest absolute Gasteiger partial charge is 0.492 e. The third-order valence-electron chi connectivity index (χ3n) is 3.25. The standard InChI is InChI=1S/C13H16N4O3S/c1-6-16-8(20-17-6)5-15-13-11(19-2)9(14)12(21-13)10(18)7-3-4-7/h7,15H,3-5,14H2,1-2H3. The number of ketones is 1. The van der Waals surface area contributed by atoms with E-state index in [2.05, 4.69) is 15.5 Å². The number of nitrogens with two attached hydrogens (primary N) is 1. The number of aromatic nitrogens is 2. The number of rotatable bonds is 6. The topological polar surface area (TPSA) is 103 Å². The van der Waals surface area contributed by atoms with Crippen molar-refractivity contribution >= 4 is 27.8 Å². The number of carbonyl (C=O) groups is 1. The van der Waals surface area contributed by atoms with Gasteiger partial charge in [-0.1, -0.05) is 5.16 Å². The van der Waals surface area contributed by atoms with Crippen LogP contribution in [0.25, 0.3) is 0 Å². The molecule has 0 spiro atoms. The number of nitrogens with zero attached hydrogens (tertiary/aromatic N) is 2. The molecule has 8 heteroatoms. The number of methoxy groups -OCH3 is 1. The number of carbonyl (C=O) groups excluding carboxylic acids is 1. The highest BCUT2D eigenvalue weighted by Gasteiger charge is 2.34. The first-order valence-electron chi connectivity index (χ1n) is 6.63. The van der Waals surface area contributed by atoms with Gasteiger partial charge in [-0.05, 0) is 19.8 Å². The van der Waals surface area contributed by atoms with E-state index in [4.69, 9.17) is 15.0 Å². The zero-order valence-corrected chi connectivity index (χ0v) is 12.6. The van der Waals surface area contributed by atoms with Crippen molar-refractivity contribution in [3.05, 3.63) is 16.6 Å². The first kappa shape index (κ1) is 13.9. The number of hydrogen-bond donors (Lipinski definition) is 2. The number of ether oxygens (including phenoxy) is 1. The van der Waals surface area contributed by atoms with Crippen molar-refractivity contribution in [2.75, 3.05) is 18.2 Å². The summed E-state index contributed by atoms with van der Waals surface area (Å²) in [6.45, 7) is 2.11. The molecule has 1 aliphatic rings. The van der Waals surface area contributed by atoms with Gasteiger partial charge in [0.1, 0.15) is 5.00 Å². The molecule has 1 aliphatic carbocycles. The summed E-state index contributed by atoms with van der Waals surface area (Å²) in [7, 11) is 1.53. The van der Waals surface area contributed by atoms with Gasteiger partial charge in [-0.2, -0.15) is 4.98 Å². The van der Waals surface area contributed by atoms with E-state index in [0.717, 1.165) is 12.8 Å². The monoisotopic (exact) mass is 308 g/mol. The lowest BCUT2D eigenvalue weighted by Crippen LogP contribution is -2.02. The van der Waals surface area contributed by atoms with Crippen LogP contribution >= 0.6 is 11.3 Å². The van der Waals surface area contributed by atoms with Crippen LogP contribution in [0, 0.1) is 12.8 Å². The van der Waals surface area contributed by atoms with Crippen LogP contribution in [-0.4, -0.2) is 23.0 Å². The van der Waals surface area contributed by atoms with E-state index in [9.17, 15) is 4.79 Å². The third kappa shape index (κ3) is 2.71. The summed E-state index contributed by atoms with van der Waals surface area (Å²) < 4.78 is 10.3. The summed E-state index contributed by atoms with van der Waals surface area (Å²) in [5, 5.41) is 7.56. The smallest absolute Gasteiger partial charge is 0.245 e. The van der Waals surface area contributed by atoms with Crippen molar-refractivity contribution in [2.45, 2.75) is 26.3 Å². The van der Waals surface area contributed by atoms with Gasteiger partial charge < -0.3 is 20.3 Å². The normalized spacial score (nSPS) is 14.2. The number of nitrogens with one attached hydrogen (secondary N) is 1. The Morgan fingerprint density at radius 2 is 2.33 bits per heavy atom. The van der Waals surface area contributed by atoms with E-state index in [1.807, 2.05) is 0 Å².